The van der Waals surface area contributed by atoms with Crippen LogP contribution < -0.4 is 4.90 Å². The van der Waals surface area contributed by atoms with E-state index < -0.39 is 0 Å². The Hall–Kier alpha value is -2.50. The molecule has 0 unspecified atom stereocenters. The fraction of sp³-hybridized carbons (Fsp3) is 0.630. The van der Waals surface area contributed by atoms with Crippen molar-refractivity contribution in [1.29, 1.82) is 0 Å². The van der Waals surface area contributed by atoms with Gasteiger partial charge < -0.3 is 9.80 Å². The third-order valence-electron chi connectivity index (χ3n) is 9.16. The normalized spacial score (nSPS) is 32.3. The van der Waals surface area contributed by atoms with Crippen LogP contribution in [0.5, 0.6) is 0 Å². The highest BCUT2D eigenvalue weighted by molar-refractivity contribution is 5.83. The Labute approximate surface area is 195 Å². The van der Waals surface area contributed by atoms with Crippen LogP contribution in [0, 0.1) is 23.2 Å². The van der Waals surface area contributed by atoms with Gasteiger partial charge in [0.25, 0.3) is 0 Å². The number of aryl methyl sites for hydroxylation is 1. The predicted octanol–water partition coefficient (Wildman–Crippen LogP) is 3.89. The maximum atomic E-state index is 13.8. The molecule has 33 heavy (non-hydrogen) atoms. The molecule has 1 aliphatic heterocycles. The van der Waals surface area contributed by atoms with Crippen LogP contribution in [0.2, 0.25) is 0 Å². The smallest absolute Gasteiger partial charge is 0.228 e. The van der Waals surface area contributed by atoms with Crippen molar-refractivity contribution in [3.63, 3.8) is 0 Å². The van der Waals surface area contributed by atoms with Crippen molar-refractivity contribution in [3.05, 3.63) is 35.7 Å². The lowest BCUT2D eigenvalue weighted by Gasteiger charge is -2.57. The molecule has 4 saturated carbocycles. The second-order valence-electron chi connectivity index (χ2n) is 11.3. The Morgan fingerprint density at radius 2 is 1.64 bits per heavy atom. The molecular weight excluding hydrogens is 410 g/mol. The van der Waals surface area contributed by atoms with E-state index >= 15 is 0 Å². The van der Waals surface area contributed by atoms with Gasteiger partial charge in [0.05, 0.1) is 5.41 Å². The summed E-state index contributed by atoms with van der Waals surface area (Å²) >= 11 is 0. The Balaban J connectivity index is 1.11. The van der Waals surface area contributed by atoms with Crippen LogP contribution in [-0.4, -0.2) is 51.9 Å². The number of carbonyl (C=O) groups excluding carboxylic acids is 1. The summed E-state index contributed by atoms with van der Waals surface area (Å²) in [6, 6.07) is 5.91. The lowest BCUT2D eigenvalue weighted by molar-refractivity contribution is -0.158. The standard InChI is InChI=1S/C27H33N5O/c33-26(27-15-18-12-19(16-27)14-20(13-18)17-27)32-10-8-31(9-11-32)25-21-4-3-6-22(21)29-24(30-25)23-5-1-2-7-28-23/h1-2,5,7,18-20H,3-4,6,8-17H2. The van der Waals surface area contributed by atoms with Gasteiger partial charge in [0.1, 0.15) is 11.5 Å². The molecule has 0 atom stereocenters. The summed E-state index contributed by atoms with van der Waals surface area (Å²) in [4.78, 5) is 32.8. The molecule has 2 aromatic heterocycles. The zero-order valence-electron chi connectivity index (χ0n) is 19.4. The van der Waals surface area contributed by atoms with Gasteiger partial charge in [-0.2, -0.15) is 0 Å². The fourth-order valence-electron chi connectivity index (χ4n) is 8.11. The molecule has 172 valence electrons. The maximum Gasteiger partial charge on any atom is 0.228 e. The Kier molecular flexibility index (Phi) is 4.53. The van der Waals surface area contributed by atoms with Crippen molar-refractivity contribution in [2.45, 2.75) is 57.8 Å². The van der Waals surface area contributed by atoms with Crippen LogP contribution >= 0.6 is 0 Å². The molecule has 4 bridgehead atoms. The first-order valence-electron chi connectivity index (χ1n) is 13.0. The molecule has 6 aliphatic rings. The lowest BCUT2D eigenvalue weighted by Crippen LogP contribution is -2.58. The number of hydrogen-bond acceptors (Lipinski definition) is 5. The summed E-state index contributed by atoms with van der Waals surface area (Å²) in [6.45, 7) is 3.36. The quantitative estimate of drug-likeness (QED) is 0.720. The Bertz CT molecular complexity index is 1040. The van der Waals surface area contributed by atoms with E-state index in [4.69, 9.17) is 9.97 Å². The minimum atomic E-state index is -0.0285. The van der Waals surface area contributed by atoms with Crippen molar-refractivity contribution in [2.75, 3.05) is 31.1 Å². The topological polar surface area (TPSA) is 62.2 Å². The number of hydrogen-bond donors (Lipinski definition) is 0. The molecule has 0 spiro atoms. The number of aromatic nitrogens is 3. The van der Waals surface area contributed by atoms with E-state index in [2.05, 4.69) is 14.8 Å². The number of nitrogens with zero attached hydrogens (tertiary/aromatic N) is 5. The second kappa shape index (κ2) is 7.51. The summed E-state index contributed by atoms with van der Waals surface area (Å²) in [7, 11) is 0. The molecule has 1 amide bonds. The summed E-state index contributed by atoms with van der Waals surface area (Å²) in [6.07, 6.45) is 12.7. The third-order valence-corrected chi connectivity index (χ3v) is 9.16. The highest BCUT2D eigenvalue weighted by Crippen LogP contribution is 2.60. The average Bonchev–Trinajstić information content (AvgIpc) is 3.32. The van der Waals surface area contributed by atoms with Crippen LogP contribution in [0.15, 0.2) is 24.4 Å². The molecule has 0 radical (unpaired) electrons. The first-order valence-corrected chi connectivity index (χ1v) is 13.0. The zero-order valence-corrected chi connectivity index (χ0v) is 19.4. The predicted molar refractivity (Wildman–Crippen MR) is 127 cm³/mol. The van der Waals surface area contributed by atoms with Gasteiger partial charge in [-0.1, -0.05) is 6.07 Å². The van der Waals surface area contributed by atoms with Gasteiger partial charge in [-0.25, -0.2) is 9.97 Å². The van der Waals surface area contributed by atoms with Crippen LogP contribution in [-0.2, 0) is 17.6 Å². The van der Waals surface area contributed by atoms with E-state index in [1.807, 2.05) is 18.2 Å². The van der Waals surface area contributed by atoms with Crippen molar-refractivity contribution >= 4 is 11.7 Å². The third kappa shape index (κ3) is 3.28. The first kappa shape index (κ1) is 19.9. The minimum absolute atomic E-state index is 0.0285. The summed E-state index contributed by atoms with van der Waals surface area (Å²) in [5, 5.41) is 0. The molecule has 0 aromatic carbocycles. The van der Waals surface area contributed by atoms with Gasteiger partial charge in [0.15, 0.2) is 5.82 Å². The van der Waals surface area contributed by atoms with E-state index in [1.54, 1.807) is 6.20 Å². The SMILES string of the molecule is O=C(N1CCN(c2nc(-c3ccccn3)nc3c2CCC3)CC1)C12CC3CC(CC(C3)C1)C2. The molecule has 3 heterocycles. The number of piperazine rings is 1. The van der Waals surface area contributed by atoms with Crippen molar-refractivity contribution in [2.24, 2.45) is 23.2 Å². The van der Waals surface area contributed by atoms with E-state index in [1.165, 1.54) is 30.5 Å². The highest BCUT2D eigenvalue weighted by Gasteiger charge is 2.55. The highest BCUT2D eigenvalue weighted by atomic mass is 16.2. The molecular formula is C27H33N5O. The number of anilines is 1. The van der Waals surface area contributed by atoms with Gasteiger partial charge >= 0.3 is 0 Å². The summed E-state index contributed by atoms with van der Waals surface area (Å²) in [5.41, 5.74) is 3.31. The molecule has 5 fully saturated rings. The van der Waals surface area contributed by atoms with E-state index in [-0.39, 0.29) is 5.41 Å². The molecule has 5 aliphatic carbocycles. The lowest BCUT2D eigenvalue weighted by atomic mass is 9.49. The number of pyridine rings is 1. The van der Waals surface area contributed by atoms with Gasteiger partial charge in [0.2, 0.25) is 5.91 Å². The van der Waals surface area contributed by atoms with Crippen molar-refractivity contribution < 1.29 is 4.79 Å². The fourth-order valence-corrected chi connectivity index (χ4v) is 8.11. The van der Waals surface area contributed by atoms with Gasteiger partial charge in [0, 0.05) is 43.6 Å². The van der Waals surface area contributed by atoms with Crippen LogP contribution in [0.3, 0.4) is 0 Å². The van der Waals surface area contributed by atoms with Crippen LogP contribution in [0.25, 0.3) is 11.5 Å². The van der Waals surface area contributed by atoms with Crippen LogP contribution in [0.4, 0.5) is 5.82 Å². The van der Waals surface area contributed by atoms with Crippen molar-refractivity contribution in [1.82, 2.24) is 19.9 Å². The molecule has 1 saturated heterocycles. The van der Waals surface area contributed by atoms with Gasteiger partial charge in [-0.15, -0.1) is 0 Å². The van der Waals surface area contributed by atoms with Crippen molar-refractivity contribution in [3.8, 4) is 11.5 Å². The van der Waals surface area contributed by atoms with Gasteiger partial charge in [-0.05, 0) is 87.7 Å². The van der Waals surface area contributed by atoms with Gasteiger partial charge in [-0.3, -0.25) is 9.78 Å². The maximum absolute atomic E-state index is 13.8. The number of rotatable bonds is 3. The largest absolute Gasteiger partial charge is 0.353 e. The zero-order chi connectivity index (χ0) is 22.0. The second-order valence-corrected chi connectivity index (χ2v) is 11.3. The monoisotopic (exact) mass is 443 g/mol. The van der Waals surface area contributed by atoms with E-state index in [0.717, 1.165) is 99.8 Å². The first-order chi connectivity index (χ1) is 16.2. The number of fused-ring (bicyclic) bond motifs is 1. The molecule has 6 heteroatoms. The Morgan fingerprint density at radius 3 is 2.30 bits per heavy atom. The molecule has 8 rings (SSSR count). The Morgan fingerprint density at radius 1 is 0.909 bits per heavy atom. The number of amides is 1. The molecule has 0 N–H and O–H groups in total. The van der Waals surface area contributed by atoms with E-state index in [0.29, 0.717) is 5.91 Å². The van der Waals surface area contributed by atoms with E-state index in [9.17, 15) is 4.79 Å². The minimum Gasteiger partial charge on any atom is -0.353 e. The summed E-state index contributed by atoms with van der Waals surface area (Å²) in [5.74, 6) is 4.74. The number of carbonyl (C=O) groups is 1. The van der Waals surface area contributed by atoms with Crippen LogP contribution in [0.1, 0.15) is 56.2 Å². The molecule has 6 nitrogen and oxygen atoms in total. The molecule has 2 aromatic rings. The summed E-state index contributed by atoms with van der Waals surface area (Å²) < 4.78 is 0. The average molecular weight is 444 g/mol.